The van der Waals surface area contributed by atoms with E-state index >= 15 is 0 Å². The molecule has 13 heteroatoms. The third kappa shape index (κ3) is 6.40. The summed E-state index contributed by atoms with van der Waals surface area (Å²) in [6.45, 7) is 0.632. The van der Waals surface area contributed by atoms with Gasteiger partial charge in [0.2, 0.25) is 0 Å². The van der Waals surface area contributed by atoms with Crippen molar-refractivity contribution in [1.29, 1.82) is 0 Å². The third-order valence-electron chi connectivity index (χ3n) is 8.02. The zero-order valence-electron chi connectivity index (χ0n) is 24.9. The van der Waals surface area contributed by atoms with E-state index in [1.807, 2.05) is 47.2 Å². The number of benzene rings is 3. The largest absolute Gasteiger partial charge is 0.424 e. The lowest BCUT2D eigenvalue weighted by Crippen LogP contribution is -2.27. The number of ether oxygens (including phenoxy) is 1. The van der Waals surface area contributed by atoms with Gasteiger partial charge in [0.15, 0.2) is 17.0 Å². The molecule has 6 aromatic rings. The van der Waals surface area contributed by atoms with Crippen LogP contribution in [-0.4, -0.2) is 57.2 Å². The average Bonchev–Trinajstić information content (AvgIpc) is 3.82. The van der Waals surface area contributed by atoms with Gasteiger partial charge in [-0.1, -0.05) is 53.7 Å². The van der Waals surface area contributed by atoms with Gasteiger partial charge >= 0.3 is 6.01 Å². The van der Waals surface area contributed by atoms with E-state index < -0.39 is 4.92 Å². The number of hydrogen-bond donors (Lipinski definition) is 2. The van der Waals surface area contributed by atoms with E-state index in [-0.39, 0.29) is 24.3 Å². The molecule has 0 saturated heterocycles. The van der Waals surface area contributed by atoms with E-state index in [4.69, 9.17) is 14.7 Å². The number of rotatable bonds is 12. The van der Waals surface area contributed by atoms with Gasteiger partial charge in [0, 0.05) is 12.1 Å². The van der Waals surface area contributed by atoms with Crippen molar-refractivity contribution in [3.8, 4) is 11.8 Å². The maximum absolute atomic E-state index is 11.0. The molecule has 7 rings (SSSR count). The van der Waals surface area contributed by atoms with E-state index in [1.54, 1.807) is 23.1 Å². The fourth-order valence-corrected chi connectivity index (χ4v) is 5.73. The molecule has 46 heavy (non-hydrogen) atoms. The lowest BCUT2D eigenvalue weighted by Gasteiger charge is -2.18. The number of aryl methyl sites for hydroxylation is 2. The Labute approximate surface area is 263 Å². The Bertz CT molecular complexity index is 1990. The Hall–Kier alpha value is -5.69. The van der Waals surface area contributed by atoms with Gasteiger partial charge in [-0.05, 0) is 60.1 Å². The predicted octanol–water partition coefficient (Wildman–Crippen LogP) is 4.72. The van der Waals surface area contributed by atoms with Crippen molar-refractivity contribution in [3.05, 3.63) is 123 Å². The number of aliphatic hydroxyl groups excluding tert-OH is 1. The van der Waals surface area contributed by atoms with Crippen LogP contribution < -0.4 is 10.1 Å². The monoisotopic (exact) mass is 617 g/mol. The van der Waals surface area contributed by atoms with E-state index in [0.717, 1.165) is 30.4 Å². The summed E-state index contributed by atoms with van der Waals surface area (Å²) in [4.78, 5) is 24.6. The fraction of sp³-hybridized carbons (Fsp3) is 0.242. The van der Waals surface area contributed by atoms with Crippen molar-refractivity contribution in [2.24, 2.45) is 0 Å². The Morgan fingerprint density at radius 1 is 0.978 bits per heavy atom. The summed E-state index contributed by atoms with van der Waals surface area (Å²) in [5.41, 5.74) is 6.35. The molecule has 3 aromatic carbocycles. The van der Waals surface area contributed by atoms with Crippen molar-refractivity contribution in [1.82, 2.24) is 34.5 Å². The summed E-state index contributed by atoms with van der Waals surface area (Å²) in [6.07, 6.45) is 7.31. The first kappa shape index (κ1) is 29.0. The molecule has 0 radical (unpaired) electrons. The van der Waals surface area contributed by atoms with Crippen LogP contribution in [0.5, 0.6) is 11.8 Å². The summed E-state index contributed by atoms with van der Waals surface area (Å²) in [5, 5.41) is 33.2. The number of hydrogen-bond acceptors (Lipinski definition) is 10. The molecule has 1 aliphatic rings. The SMILES string of the molecule is O=[N+]([O-])c1ccc(Cn2cc(Cn3cnc4c(N[C@H](CO)Cc5ccccc5)nc(Oc5ccc6c(c5)CCC6)nc43)nn2)cc1. The number of aromatic nitrogens is 7. The van der Waals surface area contributed by atoms with Gasteiger partial charge in [0.05, 0.1) is 43.2 Å². The summed E-state index contributed by atoms with van der Waals surface area (Å²) < 4.78 is 9.74. The minimum atomic E-state index is -0.424. The highest BCUT2D eigenvalue weighted by molar-refractivity contribution is 5.83. The number of nitro benzene ring substituents is 1. The standard InChI is InChI=1S/C33H31N9O4/c43-20-26(15-22-5-2-1-3-6-22)35-31-30-32(37-33(36-31)46-29-14-11-24-7-4-8-25(24)16-29)40(21-34-30)18-27-19-41(39-38-27)17-23-9-12-28(13-10-23)42(44)45/h1-3,5-6,9-14,16,19,21,26,43H,4,7-8,15,17-18,20H2,(H,35,36,37)/t26-/m0/s1. The van der Waals surface area contributed by atoms with Crippen LogP contribution in [0.25, 0.3) is 11.2 Å². The molecule has 1 aliphatic carbocycles. The highest BCUT2D eigenvalue weighted by Gasteiger charge is 2.20. The average molecular weight is 618 g/mol. The van der Waals surface area contributed by atoms with Crippen LogP contribution >= 0.6 is 0 Å². The Morgan fingerprint density at radius 3 is 2.61 bits per heavy atom. The molecule has 3 heterocycles. The van der Waals surface area contributed by atoms with Crippen LogP contribution in [0.4, 0.5) is 11.5 Å². The molecule has 0 unspecified atom stereocenters. The number of nitrogens with one attached hydrogen (secondary N) is 1. The Balaban J connectivity index is 1.17. The van der Waals surface area contributed by atoms with Crippen LogP contribution in [0.1, 0.15) is 34.4 Å². The molecular weight excluding hydrogens is 586 g/mol. The molecular formula is C33H31N9O4. The van der Waals surface area contributed by atoms with Crippen molar-refractivity contribution in [2.75, 3.05) is 11.9 Å². The number of non-ortho nitro benzene ring substituents is 1. The van der Waals surface area contributed by atoms with Gasteiger partial charge in [-0.25, -0.2) is 9.67 Å². The van der Waals surface area contributed by atoms with Crippen LogP contribution in [0.2, 0.25) is 0 Å². The molecule has 3 aromatic heterocycles. The normalized spacial score (nSPS) is 13.1. The minimum absolute atomic E-state index is 0.0377. The highest BCUT2D eigenvalue weighted by Crippen LogP contribution is 2.30. The molecule has 0 amide bonds. The first-order chi connectivity index (χ1) is 22.5. The fourth-order valence-electron chi connectivity index (χ4n) is 5.73. The van der Waals surface area contributed by atoms with Crippen LogP contribution in [0.15, 0.2) is 85.3 Å². The van der Waals surface area contributed by atoms with Gasteiger partial charge in [0.1, 0.15) is 11.4 Å². The van der Waals surface area contributed by atoms with Gasteiger partial charge in [-0.15, -0.1) is 5.10 Å². The van der Waals surface area contributed by atoms with Crippen molar-refractivity contribution < 1.29 is 14.8 Å². The summed E-state index contributed by atoms with van der Waals surface area (Å²) in [5.74, 6) is 1.12. The lowest BCUT2D eigenvalue weighted by molar-refractivity contribution is -0.384. The quantitative estimate of drug-likeness (QED) is 0.145. The third-order valence-corrected chi connectivity index (χ3v) is 8.02. The summed E-state index contributed by atoms with van der Waals surface area (Å²) in [7, 11) is 0. The molecule has 0 fully saturated rings. The van der Waals surface area contributed by atoms with Crippen LogP contribution in [0, 0.1) is 10.1 Å². The maximum atomic E-state index is 11.0. The summed E-state index contributed by atoms with van der Waals surface area (Å²) in [6, 6.07) is 22.2. The Morgan fingerprint density at radius 2 is 1.80 bits per heavy atom. The zero-order chi connectivity index (χ0) is 31.5. The zero-order valence-corrected chi connectivity index (χ0v) is 24.9. The maximum Gasteiger partial charge on any atom is 0.326 e. The molecule has 2 N–H and O–H groups in total. The van der Waals surface area contributed by atoms with E-state index in [2.05, 4.69) is 32.7 Å². The lowest BCUT2D eigenvalue weighted by atomic mass is 10.1. The minimum Gasteiger partial charge on any atom is -0.424 e. The number of nitro groups is 1. The summed E-state index contributed by atoms with van der Waals surface area (Å²) >= 11 is 0. The molecule has 0 spiro atoms. The second-order valence-electron chi connectivity index (χ2n) is 11.3. The second-order valence-corrected chi connectivity index (χ2v) is 11.3. The molecule has 13 nitrogen and oxygen atoms in total. The smallest absolute Gasteiger partial charge is 0.326 e. The van der Waals surface area contributed by atoms with Crippen molar-refractivity contribution in [2.45, 2.75) is 44.8 Å². The highest BCUT2D eigenvalue weighted by atomic mass is 16.6. The Kier molecular flexibility index (Phi) is 8.04. The van der Waals surface area contributed by atoms with Crippen molar-refractivity contribution >= 4 is 22.7 Å². The number of nitrogens with zero attached hydrogens (tertiary/aromatic N) is 8. The second kappa shape index (κ2) is 12.7. The van der Waals surface area contributed by atoms with E-state index in [9.17, 15) is 15.2 Å². The van der Waals surface area contributed by atoms with Crippen molar-refractivity contribution in [3.63, 3.8) is 0 Å². The number of imidazole rings is 1. The molecule has 0 bridgehead atoms. The number of aliphatic hydroxyl groups is 1. The van der Waals surface area contributed by atoms with Crippen LogP contribution in [-0.2, 0) is 32.4 Å². The topological polar surface area (TPSA) is 159 Å². The first-order valence-electron chi connectivity index (χ1n) is 15.1. The number of anilines is 1. The molecule has 1 atom stereocenters. The molecule has 232 valence electrons. The van der Waals surface area contributed by atoms with Gasteiger partial charge in [0.25, 0.3) is 5.69 Å². The number of fused-ring (bicyclic) bond motifs is 2. The molecule has 0 saturated carbocycles. The van der Waals surface area contributed by atoms with Gasteiger partial charge < -0.3 is 19.7 Å². The van der Waals surface area contributed by atoms with Crippen LogP contribution in [0.3, 0.4) is 0 Å². The van der Waals surface area contributed by atoms with E-state index in [0.29, 0.717) is 47.9 Å². The van der Waals surface area contributed by atoms with E-state index in [1.165, 1.54) is 23.3 Å². The van der Waals surface area contributed by atoms with Gasteiger partial charge in [-0.3, -0.25) is 10.1 Å². The van der Waals surface area contributed by atoms with Gasteiger partial charge in [-0.2, -0.15) is 9.97 Å². The predicted molar refractivity (Wildman–Crippen MR) is 170 cm³/mol. The molecule has 0 aliphatic heterocycles. The first-order valence-corrected chi connectivity index (χ1v) is 15.1.